The first-order valence-electron chi connectivity index (χ1n) is 8.80. The van der Waals surface area contributed by atoms with Gasteiger partial charge in [-0.05, 0) is 43.5 Å². The van der Waals surface area contributed by atoms with Crippen LogP contribution in [0.1, 0.15) is 44.2 Å². The van der Waals surface area contributed by atoms with E-state index in [-0.39, 0.29) is 12.5 Å². The van der Waals surface area contributed by atoms with Crippen LogP contribution in [0.5, 0.6) is 5.75 Å². The molecule has 0 bridgehead atoms. The summed E-state index contributed by atoms with van der Waals surface area (Å²) in [4.78, 5) is 10.5. The molecular weight excluding hydrogens is 314 g/mol. The normalized spacial score (nSPS) is 11.9. The number of nitrogens with one attached hydrogen (secondary N) is 1. The van der Waals surface area contributed by atoms with Gasteiger partial charge in [0, 0.05) is 18.0 Å². The SMILES string of the molecule is COc1ccccc1-c1ccc(C(C)NCCCCCC(=O)O)cc1. The molecule has 0 fully saturated rings. The lowest BCUT2D eigenvalue weighted by Gasteiger charge is -2.15. The van der Waals surface area contributed by atoms with Gasteiger partial charge in [-0.1, -0.05) is 48.9 Å². The van der Waals surface area contributed by atoms with Gasteiger partial charge in [0.25, 0.3) is 0 Å². The summed E-state index contributed by atoms with van der Waals surface area (Å²) < 4.78 is 5.43. The fourth-order valence-corrected chi connectivity index (χ4v) is 2.85. The van der Waals surface area contributed by atoms with Gasteiger partial charge in [-0.2, -0.15) is 0 Å². The first-order valence-corrected chi connectivity index (χ1v) is 8.80. The number of hydrogen-bond donors (Lipinski definition) is 2. The van der Waals surface area contributed by atoms with Crippen molar-refractivity contribution in [2.45, 2.75) is 38.6 Å². The first kappa shape index (κ1) is 19.0. The maximum Gasteiger partial charge on any atom is 0.303 e. The Hall–Kier alpha value is -2.33. The molecule has 25 heavy (non-hydrogen) atoms. The van der Waals surface area contributed by atoms with Crippen LogP contribution in [0.2, 0.25) is 0 Å². The van der Waals surface area contributed by atoms with Crippen LogP contribution in [0.15, 0.2) is 48.5 Å². The Bertz CT molecular complexity index is 667. The summed E-state index contributed by atoms with van der Waals surface area (Å²) in [6, 6.07) is 16.8. The summed E-state index contributed by atoms with van der Waals surface area (Å²) >= 11 is 0. The Kier molecular flexibility index (Phi) is 7.48. The van der Waals surface area contributed by atoms with E-state index in [1.807, 2.05) is 18.2 Å². The summed E-state index contributed by atoms with van der Waals surface area (Å²) in [5.41, 5.74) is 3.47. The van der Waals surface area contributed by atoms with Crippen LogP contribution in [0.4, 0.5) is 0 Å². The van der Waals surface area contributed by atoms with Gasteiger partial charge in [0.15, 0.2) is 0 Å². The maximum absolute atomic E-state index is 10.5. The van der Waals surface area contributed by atoms with Gasteiger partial charge in [0.1, 0.15) is 5.75 Å². The van der Waals surface area contributed by atoms with Gasteiger partial charge < -0.3 is 15.2 Å². The first-order chi connectivity index (χ1) is 12.1. The Morgan fingerprint density at radius 1 is 1.08 bits per heavy atom. The molecule has 0 spiro atoms. The van der Waals surface area contributed by atoms with Gasteiger partial charge >= 0.3 is 5.97 Å². The summed E-state index contributed by atoms with van der Waals surface area (Å²) in [6.45, 7) is 3.05. The van der Waals surface area contributed by atoms with Crippen molar-refractivity contribution in [2.24, 2.45) is 0 Å². The highest BCUT2D eigenvalue weighted by Crippen LogP contribution is 2.30. The monoisotopic (exact) mass is 341 g/mol. The van der Waals surface area contributed by atoms with Crippen molar-refractivity contribution >= 4 is 5.97 Å². The van der Waals surface area contributed by atoms with Crippen LogP contribution in [-0.4, -0.2) is 24.7 Å². The van der Waals surface area contributed by atoms with Gasteiger partial charge in [-0.3, -0.25) is 4.79 Å². The van der Waals surface area contributed by atoms with Crippen molar-refractivity contribution < 1.29 is 14.6 Å². The van der Waals surface area contributed by atoms with Crippen LogP contribution in [0.3, 0.4) is 0 Å². The number of para-hydroxylation sites is 1. The standard InChI is InChI=1S/C21H27NO3/c1-16(22-15-7-3-4-10-21(23)24)17-11-13-18(14-12-17)19-8-5-6-9-20(19)25-2/h5-6,8-9,11-14,16,22H,3-4,7,10,15H2,1-2H3,(H,23,24). The molecule has 0 heterocycles. The molecule has 0 saturated carbocycles. The molecule has 2 N–H and O–H groups in total. The topological polar surface area (TPSA) is 58.6 Å². The molecule has 0 radical (unpaired) electrons. The molecule has 0 amide bonds. The Labute approximate surface area is 149 Å². The van der Waals surface area contributed by atoms with Crippen molar-refractivity contribution in [1.29, 1.82) is 0 Å². The third kappa shape index (κ3) is 5.91. The zero-order valence-electron chi connectivity index (χ0n) is 15.0. The average molecular weight is 341 g/mol. The zero-order chi connectivity index (χ0) is 18.1. The fraction of sp³-hybridized carbons (Fsp3) is 0.381. The molecule has 0 saturated heterocycles. The molecule has 0 aliphatic heterocycles. The summed E-state index contributed by atoms with van der Waals surface area (Å²) in [5.74, 6) is 0.166. The minimum Gasteiger partial charge on any atom is -0.496 e. The number of rotatable bonds is 10. The number of unbranched alkanes of at least 4 members (excludes halogenated alkanes) is 2. The number of hydrogen-bond acceptors (Lipinski definition) is 3. The number of aliphatic carboxylic acids is 1. The number of carboxylic acid groups (broad SMARTS) is 1. The number of ether oxygens (including phenoxy) is 1. The van der Waals surface area contributed by atoms with Gasteiger partial charge in [0.05, 0.1) is 7.11 Å². The molecule has 0 aliphatic rings. The number of benzene rings is 2. The average Bonchev–Trinajstić information content (AvgIpc) is 2.64. The zero-order valence-corrected chi connectivity index (χ0v) is 15.0. The van der Waals surface area contributed by atoms with Crippen molar-refractivity contribution in [3.63, 3.8) is 0 Å². The van der Waals surface area contributed by atoms with Crippen molar-refractivity contribution in [3.8, 4) is 16.9 Å². The molecule has 134 valence electrons. The van der Waals surface area contributed by atoms with E-state index in [1.165, 1.54) is 5.56 Å². The molecule has 1 atom stereocenters. The molecule has 2 aromatic rings. The summed E-state index contributed by atoms with van der Waals surface area (Å²) in [7, 11) is 1.69. The second-order valence-corrected chi connectivity index (χ2v) is 6.20. The second kappa shape index (κ2) is 9.84. The molecule has 2 rings (SSSR count). The van der Waals surface area contributed by atoms with Gasteiger partial charge in [-0.15, -0.1) is 0 Å². The molecule has 4 nitrogen and oxygen atoms in total. The lowest BCUT2D eigenvalue weighted by atomic mass is 10.0. The fourth-order valence-electron chi connectivity index (χ4n) is 2.85. The minimum atomic E-state index is -0.712. The van der Waals surface area contributed by atoms with E-state index < -0.39 is 5.97 Å². The van der Waals surface area contributed by atoms with E-state index in [0.29, 0.717) is 0 Å². The number of methoxy groups -OCH3 is 1. The molecule has 1 unspecified atom stereocenters. The van der Waals surface area contributed by atoms with E-state index in [1.54, 1.807) is 7.11 Å². The third-order valence-corrected chi connectivity index (χ3v) is 4.35. The Morgan fingerprint density at radius 3 is 2.48 bits per heavy atom. The predicted octanol–water partition coefficient (Wildman–Crippen LogP) is 4.66. The maximum atomic E-state index is 10.5. The van der Waals surface area contributed by atoms with Crippen molar-refractivity contribution in [3.05, 3.63) is 54.1 Å². The van der Waals surface area contributed by atoms with Crippen LogP contribution >= 0.6 is 0 Å². The minimum absolute atomic E-state index is 0.264. The number of carbonyl (C=O) groups is 1. The van der Waals surface area contributed by atoms with E-state index in [2.05, 4.69) is 42.6 Å². The van der Waals surface area contributed by atoms with E-state index in [4.69, 9.17) is 9.84 Å². The van der Waals surface area contributed by atoms with Crippen LogP contribution in [-0.2, 0) is 4.79 Å². The van der Waals surface area contributed by atoms with Crippen LogP contribution in [0, 0.1) is 0 Å². The summed E-state index contributed by atoms with van der Waals surface area (Å²) in [6.07, 6.45) is 2.95. The quantitative estimate of drug-likeness (QED) is 0.617. The lowest BCUT2D eigenvalue weighted by Crippen LogP contribution is -2.19. The predicted molar refractivity (Wildman–Crippen MR) is 101 cm³/mol. The highest BCUT2D eigenvalue weighted by Gasteiger charge is 2.07. The Balaban J connectivity index is 1.86. The smallest absolute Gasteiger partial charge is 0.303 e. The van der Waals surface area contributed by atoms with E-state index >= 15 is 0 Å². The van der Waals surface area contributed by atoms with E-state index in [9.17, 15) is 4.79 Å². The highest BCUT2D eigenvalue weighted by atomic mass is 16.5. The Morgan fingerprint density at radius 2 is 1.80 bits per heavy atom. The molecule has 0 aliphatic carbocycles. The van der Waals surface area contributed by atoms with Gasteiger partial charge in [-0.25, -0.2) is 0 Å². The molecule has 0 aromatic heterocycles. The van der Waals surface area contributed by atoms with Crippen molar-refractivity contribution in [1.82, 2.24) is 5.32 Å². The molecular formula is C21H27NO3. The van der Waals surface area contributed by atoms with Crippen LogP contribution in [0.25, 0.3) is 11.1 Å². The lowest BCUT2D eigenvalue weighted by molar-refractivity contribution is -0.137. The van der Waals surface area contributed by atoms with Crippen molar-refractivity contribution in [2.75, 3.05) is 13.7 Å². The van der Waals surface area contributed by atoms with E-state index in [0.717, 1.165) is 42.7 Å². The highest BCUT2D eigenvalue weighted by molar-refractivity contribution is 5.70. The second-order valence-electron chi connectivity index (χ2n) is 6.20. The third-order valence-electron chi connectivity index (χ3n) is 4.35. The van der Waals surface area contributed by atoms with Crippen LogP contribution < -0.4 is 10.1 Å². The molecule has 4 heteroatoms. The van der Waals surface area contributed by atoms with Gasteiger partial charge in [0.2, 0.25) is 0 Å². The molecule has 2 aromatic carbocycles. The largest absolute Gasteiger partial charge is 0.496 e. The number of carboxylic acids is 1. The summed E-state index contributed by atoms with van der Waals surface area (Å²) in [5, 5.41) is 12.1.